The number of nitrogens with zero attached hydrogens (tertiary/aromatic N) is 2. The van der Waals surface area contributed by atoms with Gasteiger partial charge in [-0.2, -0.15) is 5.26 Å². The van der Waals surface area contributed by atoms with Crippen LogP contribution in [-0.2, 0) is 4.79 Å². The summed E-state index contributed by atoms with van der Waals surface area (Å²) in [4.78, 5) is 23.5. The number of hydrogen-bond donors (Lipinski definition) is 2. The molecule has 19 heavy (non-hydrogen) atoms. The van der Waals surface area contributed by atoms with Gasteiger partial charge >= 0.3 is 12.0 Å². The number of amides is 2. The third kappa shape index (κ3) is 5.08. The minimum atomic E-state index is -0.879. The van der Waals surface area contributed by atoms with E-state index in [1.165, 1.54) is 4.90 Å². The highest BCUT2D eigenvalue weighted by Gasteiger charge is 2.09. The van der Waals surface area contributed by atoms with E-state index in [-0.39, 0.29) is 12.5 Å². The molecule has 0 spiro atoms. The first-order chi connectivity index (χ1) is 9.02. The topological polar surface area (TPSA) is 93.4 Å². The second kappa shape index (κ2) is 7.01. The van der Waals surface area contributed by atoms with Gasteiger partial charge in [-0.1, -0.05) is 6.07 Å². The van der Waals surface area contributed by atoms with Crippen LogP contribution in [0.5, 0.6) is 0 Å². The predicted octanol–water partition coefficient (Wildman–Crippen LogP) is 1.89. The van der Waals surface area contributed by atoms with Crippen LogP contribution in [0, 0.1) is 11.3 Å². The van der Waals surface area contributed by atoms with Gasteiger partial charge < -0.3 is 15.3 Å². The second-order valence-corrected chi connectivity index (χ2v) is 4.04. The Hall–Kier alpha value is -2.55. The zero-order chi connectivity index (χ0) is 14.3. The van der Waals surface area contributed by atoms with Crippen LogP contribution in [-0.4, -0.2) is 35.6 Å². The molecule has 0 fully saturated rings. The first kappa shape index (κ1) is 14.5. The summed E-state index contributed by atoms with van der Waals surface area (Å²) in [5.41, 5.74) is 1.00. The van der Waals surface area contributed by atoms with E-state index in [1.807, 2.05) is 6.07 Å². The lowest BCUT2D eigenvalue weighted by molar-refractivity contribution is -0.137. The van der Waals surface area contributed by atoms with Crippen molar-refractivity contribution in [3.8, 4) is 6.07 Å². The Morgan fingerprint density at radius 1 is 1.47 bits per heavy atom. The first-order valence-corrected chi connectivity index (χ1v) is 5.77. The van der Waals surface area contributed by atoms with Crippen molar-refractivity contribution in [1.82, 2.24) is 4.90 Å². The number of urea groups is 1. The quantitative estimate of drug-likeness (QED) is 0.846. The lowest BCUT2D eigenvalue weighted by Gasteiger charge is -2.17. The maximum absolute atomic E-state index is 11.8. The Balaban J connectivity index is 2.49. The van der Waals surface area contributed by atoms with Gasteiger partial charge in [0.15, 0.2) is 0 Å². The summed E-state index contributed by atoms with van der Waals surface area (Å²) in [5.74, 6) is -0.879. The summed E-state index contributed by atoms with van der Waals surface area (Å²) >= 11 is 0. The Bertz CT molecular complexity index is 508. The molecule has 6 nitrogen and oxygen atoms in total. The van der Waals surface area contributed by atoms with Crippen LogP contribution in [0.1, 0.15) is 18.4 Å². The van der Waals surface area contributed by atoms with Crippen molar-refractivity contribution < 1.29 is 14.7 Å². The fourth-order valence-corrected chi connectivity index (χ4v) is 1.45. The van der Waals surface area contributed by atoms with E-state index in [2.05, 4.69) is 5.32 Å². The summed E-state index contributed by atoms with van der Waals surface area (Å²) in [6.07, 6.45) is 0.430. The fourth-order valence-electron chi connectivity index (χ4n) is 1.45. The van der Waals surface area contributed by atoms with Gasteiger partial charge in [-0.05, 0) is 24.6 Å². The Kier molecular flexibility index (Phi) is 5.35. The van der Waals surface area contributed by atoms with Crippen LogP contribution < -0.4 is 5.32 Å². The molecule has 2 N–H and O–H groups in total. The summed E-state index contributed by atoms with van der Waals surface area (Å²) in [5, 5.41) is 19.9. The Morgan fingerprint density at radius 2 is 2.21 bits per heavy atom. The fraction of sp³-hybridized carbons (Fsp3) is 0.308. The van der Waals surface area contributed by atoms with E-state index in [0.717, 1.165) is 0 Å². The third-order valence-corrected chi connectivity index (χ3v) is 2.47. The molecule has 6 heteroatoms. The van der Waals surface area contributed by atoms with Crippen LogP contribution in [0.3, 0.4) is 0 Å². The van der Waals surface area contributed by atoms with Crippen molar-refractivity contribution in [2.24, 2.45) is 0 Å². The Labute approximate surface area is 111 Å². The highest BCUT2D eigenvalue weighted by atomic mass is 16.4. The van der Waals surface area contributed by atoms with E-state index in [9.17, 15) is 9.59 Å². The molecule has 1 aromatic carbocycles. The van der Waals surface area contributed by atoms with E-state index in [1.54, 1.807) is 31.3 Å². The van der Waals surface area contributed by atoms with Crippen molar-refractivity contribution in [1.29, 1.82) is 5.26 Å². The number of carboxylic acids is 1. The number of hydrogen-bond acceptors (Lipinski definition) is 3. The summed E-state index contributed by atoms with van der Waals surface area (Å²) in [6.45, 7) is 0.357. The largest absolute Gasteiger partial charge is 0.481 e. The van der Waals surface area contributed by atoms with E-state index in [4.69, 9.17) is 10.4 Å². The number of rotatable bonds is 5. The van der Waals surface area contributed by atoms with Gasteiger partial charge in [-0.25, -0.2) is 4.79 Å². The number of anilines is 1. The monoisotopic (exact) mass is 261 g/mol. The maximum atomic E-state index is 11.8. The molecule has 1 rings (SSSR count). The van der Waals surface area contributed by atoms with Gasteiger partial charge in [0.1, 0.15) is 0 Å². The molecule has 100 valence electrons. The normalized spacial score (nSPS) is 9.47. The van der Waals surface area contributed by atoms with Gasteiger partial charge in [0.25, 0.3) is 0 Å². The molecule has 0 radical (unpaired) electrons. The highest BCUT2D eigenvalue weighted by Crippen LogP contribution is 2.10. The number of nitriles is 1. The van der Waals surface area contributed by atoms with Gasteiger partial charge in [-0.3, -0.25) is 4.79 Å². The third-order valence-electron chi connectivity index (χ3n) is 2.47. The summed E-state index contributed by atoms with van der Waals surface area (Å²) in [7, 11) is 1.59. The lowest BCUT2D eigenvalue weighted by Crippen LogP contribution is -2.32. The molecule has 0 bridgehead atoms. The highest BCUT2D eigenvalue weighted by molar-refractivity contribution is 5.89. The minimum Gasteiger partial charge on any atom is -0.481 e. The number of benzene rings is 1. The second-order valence-electron chi connectivity index (χ2n) is 4.04. The molecule has 0 unspecified atom stereocenters. The number of aliphatic carboxylic acids is 1. The van der Waals surface area contributed by atoms with Crippen LogP contribution >= 0.6 is 0 Å². The van der Waals surface area contributed by atoms with Crippen LogP contribution in [0.25, 0.3) is 0 Å². The number of carbonyl (C=O) groups is 2. The number of carboxylic acid groups (broad SMARTS) is 1. The van der Waals surface area contributed by atoms with Gasteiger partial charge in [0.05, 0.1) is 11.6 Å². The van der Waals surface area contributed by atoms with E-state index in [0.29, 0.717) is 24.2 Å². The predicted molar refractivity (Wildman–Crippen MR) is 69.7 cm³/mol. The average Bonchev–Trinajstić information content (AvgIpc) is 2.38. The molecule has 0 atom stereocenters. The molecular formula is C13H15N3O3. The molecule has 1 aromatic rings. The Morgan fingerprint density at radius 3 is 2.84 bits per heavy atom. The van der Waals surface area contributed by atoms with Gasteiger partial charge in [0.2, 0.25) is 0 Å². The molecule has 0 aliphatic heterocycles. The van der Waals surface area contributed by atoms with Crippen molar-refractivity contribution in [3.63, 3.8) is 0 Å². The zero-order valence-corrected chi connectivity index (χ0v) is 10.6. The van der Waals surface area contributed by atoms with Crippen molar-refractivity contribution in [3.05, 3.63) is 29.8 Å². The summed E-state index contributed by atoms with van der Waals surface area (Å²) in [6, 6.07) is 8.23. The molecule has 0 saturated heterocycles. The molecular weight excluding hydrogens is 246 g/mol. The van der Waals surface area contributed by atoms with Crippen molar-refractivity contribution in [2.45, 2.75) is 12.8 Å². The van der Waals surface area contributed by atoms with Crippen LogP contribution in [0.4, 0.5) is 10.5 Å². The van der Waals surface area contributed by atoms with E-state index < -0.39 is 5.97 Å². The molecule has 0 heterocycles. The molecule has 0 aromatic heterocycles. The molecule has 2 amide bonds. The van der Waals surface area contributed by atoms with Crippen LogP contribution in [0.2, 0.25) is 0 Å². The zero-order valence-electron chi connectivity index (χ0n) is 10.6. The summed E-state index contributed by atoms with van der Waals surface area (Å²) < 4.78 is 0. The van der Waals surface area contributed by atoms with Crippen molar-refractivity contribution in [2.75, 3.05) is 18.9 Å². The molecule has 0 saturated carbocycles. The smallest absolute Gasteiger partial charge is 0.321 e. The van der Waals surface area contributed by atoms with Gasteiger partial charge in [-0.15, -0.1) is 0 Å². The SMILES string of the molecule is CN(CCCC(=O)O)C(=O)Nc1cccc(C#N)c1. The van der Waals surface area contributed by atoms with Gasteiger partial charge in [0, 0.05) is 25.7 Å². The minimum absolute atomic E-state index is 0.0293. The molecule has 0 aliphatic rings. The lowest BCUT2D eigenvalue weighted by atomic mass is 10.2. The van der Waals surface area contributed by atoms with Crippen LogP contribution in [0.15, 0.2) is 24.3 Å². The van der Waals surface area contributed by atoms with E-state index >= 15 is 0 Å². The number of carbonyl (C=O) groups excluding carboxylic acids is 1. The average molecular weight is 261 g/mol. The molecule has 0 aliphatic carbocycles. The van der Waals surface area contributed by atoms with Crippen molar-refractivity contribution >= 4 is 17.7 Å². The first-order valence-electron chi connectivity index (χ1n) is 5.77. The number of nitrogens with one attached hydrogen (secondary N) is 1. The maximum Gasteiger partial charge on any atom is 0.321 e. The standard InChI is InChI=1S/C13H15N3O3/c1-16(7-3-6-12(17)18)13(19)15-11-5-2-4-10(8-11)9-14/h2,4-5,8H,3,6-7H2,1H3,(H,15,19)(H,17,18).